The highest BCUT2D eigenvalue weighted by molar-refractivity contribution is 6.42. The molecule has 1 saturated heterocycles. The van der Waals surface area contributed by atoms with Crippen LogP contribution in [0.1, 0.15) is 19.3 Å². The summed E-state index contributed by atoms with van der Waals surface area (Å²) in [5.74, 6) is 0.760. The van der Waals surface area contributed by atoms with Gasteiger partial charge >= 0.3 is 0 Å². The van der Waals surface area contributed by atoms with Gasteiger partial charge in [-0.25, -0.2) is 0 Å². The van der Waals surface area contributed by atoms with Crippen molar-refractivity contribution in [1.82, 2.24) is 4.90 Å². The van der Waals surface area contributed by atoms with Crippen molar-refractivity contribution < 1.29 is 4.79 Å². The number of anilines is 1. The van der Waals surface area contributed by atoms with Crippen molar-refractivity contribution in [3.8, 4) is 0 Å². The van der Waals surface area contributed by atoms with E-state index in [4.69, 9.17) is 34.8 Å². The van der Waals surface area contributed by atoms with Crippen LogP contribution in [0.5, 0.6) is 0 Å². The summed E-state index contributed by atoms with van der Waals surface area (Å²) in [5.41, 5.74) is 0.795. The summed E-state index contributed by atoms with van der Waals surface area (Å²) < 4.78 is 0. The Labute approximate surface area is 147 Å². The van der Waals surface area contributed by atoms with Gasteiger partial charge in [-0.3, -0.25) is 4.79 Å². The van der Waals surface area contributed by atoms with Gasteiger partial charge in [-0.05, 0) is 57.6 Å². The predicted molar refractivity (Wildman–Crippen MR) is 94.4 cm³/mol. The summed E-state index contributed by atoms with van der Waals surface area (Å²) in [6.07, 6.45) is 2.54. The molecule has 0 bridgehead atoms. The molecule has 1 aromatic carbocycles. The van der Waals surface area contributed by atoms with Crippen molar-refractivity contribution in [3.05, 3.63) is 28.2 Å². The number of hydrogen-bond donors (Lipinski definition) is 0. The number of piperidine rings is 1. The normalized spacial score (nSPS) is 16.7. The molecule has 1 fully saturated rings. The molecule has 0 aliphatic carbocycles. The number of likely N-dealkylation sites (tertiary alicyclic amines) is 1. The van der Waals surface area contributed by atoms with E-state index in [2.05, 4.69) is 11.9 Å². The van der Waals surface area contributed by atoms with Gasteiger partial charge in [0.05, 0.1) is 10.0 Å². The van der Waals surface area contributed by atoms with Gasteiger partial charge in [-0.1, -0.05) is 23.2 Å². The van der Waals surface area contributed by atoms with Crippen LogP contribution in [0.3, 0.4) is 0 Å². The van der Waals surface area contributed by atoms with E-state index < -0.39 is 0 Å². The number of alkyl halides is 1. The van der Waals surface area contributed by atoms with Crippen molar-refractivity contribution in [1.29, 1.82) is 0 Å². The molecule has 2 rings (SSSR count). The second kappa shape index (κ2) is 8.39. The Morgan fingerprint density at radius 3 is 2.55 bits per heavy atom. The molecule has 6 heteroatoms. The summed E-state index contributed by atoms with van der Waals surface area (Å²) >= 11 is 17.9. The van der Waals surface area contributed by atoms with E-state index in [1.54, 1.807) is 17.0 Å². The smallest absolute Gasteiger partial charge is 0.230 e. The minimum absolute atomic E-state index is 0.0704. The van der Waals surface area contributed by atoms with Crippen LogP contribution >= 0.6 is 34.8 Å². The van der Waals surface area contributed by atoms with E-state index in [-0.39, 0.29) is 11.8 Å². The van der Waals surface area contributed by atoms with Gasteiger partial charge in [0.1, 0.15) is 0 Å². The Morgan fingerprint density at radius 1 is 1.27 bits per heavy atom. The van der Waals surface area contributed by atoms with Crippen molar-refractivity contribution >= 4 is 46.4 Å². The van der Waals surface area contributed by atoms with Gasteiger partial charge < -0.3 is 9.80 Å². The molecule has 1 heterocycles. The molecule has 0 saturated carbocycles. The molecule has 0 N–H and O–H groups in total. The second-order valence-corrected chi connectivity index (χ2v) is 6.90. The molecule has 1 amide bonds. The summed E-state index contributed by atoms with van der Waals surface area (Å²) in [4.78, 5) is 17.0. The maximum atomic E-state index is 12.9. The highest BCUT2D eigenvalue weighted by Gasteiger charge is 2.28. The average Bonchev–Trinajstić information content (AvgIpc) is 2.51. The number of carbonyl (C=O) groups excluding carboxylic acids is 1. The van der Waals surface area contributed by atoms with Gasteiger partial charge in [0.15, 0.2) is 0 Å². The fourth-order valence-corrected chi connectivity index (χ4v) is 3.13. The minimum Gasteiger partial charge on any atom is -0.312 e. The van der Waals surface area contributed by atoms with Crippen LogP contribution < -0.4 is 4.90 Å². The van der Waals surface area contributed by atoms with Crippen molar-refractivity contribution in [2.24, 2.45) is 5.92 Å². The minimum atomic E-state index is 0.0704. The topological polar surface area (TPSA) is 23.6 Å². The number of nitrogens with zero attached hydrogens (tertiary/aromatic N) is 2. The molecule has 1 aromatic rings. The zero-order chi connectivity index (χ0) is 16.1. The summed E-state index contributed by atoms with van der Waals surface area (Å²) in [7, 11) is 2.09. The van der Waals surface area contributed by atoms with Crippen LogP contribution in [0.15, 0.2) is 18.2 Å². The predicted octanol–water partition coefficient (Wildman–Crippen LogP) is 4.30. The molecular weight excluding hydrogens is 343 g/mol. The lowest BCUT2D eigenvalue weighted by atomic mass is 9.95. The van der Waals surface area contributed by atoms with Gasteiger partial charge in [-0.15, -0.1) is 11.6 Å². The summed E-state index contributed by atoms with van der Waals surface area (Å²) in [5, 5.41) is 0.959. The van der Waals surface area contributed by atoms with Crippen LogP contribution in [0.2, 0.25) is 10.0 Å². The molecule has 3 nitrogen and oxygen atoms in total. The van der Waals surface area contributed by atoms with Crippen LogP contribution in [0.25, 0.3) is 0 Å². The monoisotopic (exact) mass is 362 g/mol. The first-order valence-electron chi connectivity index (χ1n) is 7.54. The van der Waals surface area contributed by atoms with E-state index in [1.807, 2.05) is 6.07 Å². The Bertz CT molecular complexity index is 516. The van der Waals surface area contributed by atoms with Crippen molar-refractivity contribution in [3.63, 3.8) is 0 Å². The lowest BCUT2D eigenvalue weighted by Crippen LogP contribution is -2.42. The Morgan fingerprint density at radius 2 is 1.95 bits per heavy atom. The molecule has 0 spiro atoms. The van der Waals surface area contributed by atoms with E-state index >= 15 is 0 Å². The first-order chi connectivity index (χ1) is 10.5. The number of hydrogen-bond acceptors (Lipinski definition) is 2. The number of amides is 1. The van der Waals surface area contributed by atoms with Crippen molar-refractivity contribution in [2.45, 2.75) is 19.3 Å². The third-order valence-corrected chi connectivity index (χ3v) is 5.07. The number of carbonyl (C=O) groups is 1. The molecule has 1 aliphatic heterocycles. The SMILES string of the molecule is CN1CCC(C(=O)N(CCCCl)c2ccc(Cl)c(Cl)c2)CC1. The van der Waals surface area contributed by atoms with Gasteiger partial charge in [0, 0.05) is 24.0 Å². The maximum absolute atomic E-state index is 12.9. The van der Waals surface area contributed by atoms with E-state index in [0.29, 0.717) is 22.5 Å². The molecule has 0 radical (unpaired) electrons. The quantitative estimate of drug-likeness (QED) is 0.728. The van der Waals surface area contributed by atoms with Crippen molar-refractivity contribution in [2.75, 3.05) is 37.5 Å². The van der Waals surface area contributed by atoms with Crippen LogP contribution in [-0.4, -0.2) is 43.4 Å². The highest BCUT2D eigenvalue weighted by Crippen LogP contribution is 2.29. The largest absolute Gasteiger partial charge is 0.312 e. The fraction of sp³-hybridized carbons (Fsp3) is 0.562. The second-order valence-electron chi connectivity index (χ2n) is 5.71. The van der Waals surface area contributed by atoms with Gasteiger partial charge in [0.2, 0.25) is 5.91 Å². The Kier molecular flexibility index (Phi) is 6.82. The molecule has 0 atom stereocenters. The lowest BCUT2D eigenvalue weighted by Gasteiger charge is -2.32. The molecule has 122 valence electrons. The number of benzene rings is 1. The van der Waals surface area contributed by atoms with Crippen LogP contribution in [-0.2, 0) is 4.79 Å². The zero-order valence-electron chi connectivity index (χ0n) is 12.7. The molecular formula is C16H21Cl3N2O. The Balaban J connectivity index is 2.17. The van der Waals surface area contributed by atoms with Crippen LogP contribution in [0, 0.1) is 5.92 Å². The number of halogens is 3. The first-order valence-corrected chi connectivity index (χ1v) is 8.83. The standard InChI is InChI=1S/C16H21Cl3N2O/c1-20-9-5-12(6-10-20)16(22)21(8-2-7-17)13-3-4-14(18)15(19)11-13/h3-4,11-12H,2,5-10H2,1H3. The van der Waals surface area contributed by atoms with Crippen LogP contribution in [0.4, 0.5) is 5.69 Å². The average molecular weight is 364 g/mol. The molecule has 0 unspecified atom stereocenters. The third kappa shape index (κ3) is 4.51. The summed E-state index contributed by atoms with van der Waals surface area (Å²) in [6.45, 7) is 2.52. The summed E-state index contributed by atoms with van der Waals surface area (Å²) in [6, 6.07) is 5.33. The number of rotatable bonds is 5. The fourth-order valence-electron chi connectivity index (χ4n) is 2.71. The van der Waals surface area contributed by atoms with E-state index in [0.717, 1.165) is 38.0 Å². The Hall–Kier alpha value is -0.480. The highest BCUT2D eigenvalue weighted by atomic mass is 35.5. The van der Waals surface area contributed by atoms with E-state index in [1.165, 1.54) is 0 Å². The van der Waals surface area contributed by atoms with E-state index in [9.17, 15) is 4.79 Å². The maximum Gasteiger partial charge on any atom is 0.230 e. The first kappa shape index (κ1) is 17.9. The molecule has 0 aromatic heterocycles. The third-order valence-electron chi connectivity index (χ3n) is 4.06. The zero-order valence-corrected chi connectivity index (χ0v) is 15.0. The molecule has 1 aliphatic rings. The van der Waals surface area contributed by atoms with Gasteiger partial charge in [-0.2, -0.15) is 0 Å². The molecule has 22 heavy (non-hydrogen) atoms. The van der Waals surface area contributed by atoms with Gasteiger partial charge in [0.25, 0.3) is 0 Å². The lowest BCUT2D eigenvalue weighted by molar-refractivity contribution is -0.123.